The maximum Gasteiger partial charge on any atom is 0.237 e. The number of fused-ring (bicyclic) bond motifs is 3. The molecule has 28 heavy (non-hydrogen) atoms. The van der Waals surface area contributed by atoms with Crippen LogP contribution in [0.25, 0.3) is 10.2 Å². The summed E-state index contributed by atoms with van der Waals surface area (Å²) in [7, 11) is 0. The summed E-state index contributed by atoms with van der Waals surface area (Å²) in [6, 6.07) is 5.01. The van der Waals surface area contributed by atoms with Gasteiger partial charge >= 0.3 is 0 Å². The van der Waals surface area contributed by atoms with Crippen molar-refractivity contribution in [2.45, 2.75) is 43.4 Å². The number of amides is 1. The Kier molecular flexibility index (Phi) is 5.83. The Bertz CT molecular complexity index is 1050. The topological polar surface area (TPSA) is 54.9 Å². The summed E-state index contributed by atoms with van der Waals surface area (Å²) in [6.45, 7) is 4.16. The molecule has 0 bridgehead atoms. The van der Waals surface area contributed by atoms with Crippen LogP contribution in [0.3, 0.4) is 0 Å². The van der Waals surface area contributed by atoms with Crippen molar-refractivity contribution in [1.82, 2.24) is 9.97 Å². The molecular weight excluding hydrogens is 433 g/mol. The molecule has 8 heteroatoms. The second-order valence-electron chi connectivity index (χ2n) is 7.08. The number of nitrogens with one attached hydrogen (secondary N) is 1. The summed E-state index contributed by atoms with van der Waals surface area (Å²) in [6.07, 6.45) is 4.93. The van der Waals surface area contributed by atoms with Gasteiger partial charge in [0.25, 0.3) is 0 Å². The largest absolute Gasteiger partial charge is 0.324 e. The number of carbonyl (C=O) groups is 1. The molecule has 1 aliphatic carbocycles. The van der Waals surface area contributed by atoms with Crippen LogP contribution in [0.15, 0.2) is 29.6 Å². The summed E-state index contributed by atoms with van der Waals surface area (Å²) < 4.78 is 0. The van der Waals surface area contributed by atoms with E-state index in [0.29, 0.717) is 21.7 Å². The molecule has 2 atom stereocenters. The fraction of sp³-hybridized carbons (Fsp3) is 0.350. The second-order valence-corrected chi connectivity index (χ2v) is 10.3. The number of aromatic nitrogens is 2. The molecule has 0 spiro atoms. The molecule has 0 radical (unpaired) electrons. The highest BCUT2D eigenvalue weighted by Crippen LogP contribution is 2.41. The van der Waals surface area contributed by atoms with E-state index in [4.69, 9.17) is 23.2 Å². The number of aryl methyl sites for hydroxylation is 1. The molecule has 1 N–H and O–H groups in total. The van der Waals surface area contributed by atoms with Crippen molar-refractivity contribution in [3.05, 3.63) is 45.0 Å². The van der Waals surface area contributed by atoms with Gasteiger partial charge in [-0.2, -0.15) is 0 Å². The summed E-state index contributed by atoms with van der Waals surface area (Å²) in [5.41, 5.74) is 1.88. The predicted molar refractivity (Wildman–Crippen MR) is 119 cm³/mol. The monoisotopic (exact) mass is 451 g/mol. The third-order valence-corrected chi connectivity index (χ3v) is 7.73. The van der Waals surface area contributed by atoms with Crippen LogP contribution in [0.5, 0.6) is 0 Å². The summed E-state index contributed by atoms with van der Waals surface area (Å²) in [4.78, 5) is 24.1. The average Bonchev–Trinajstić information content (AvgIpc) is 3.03. The highest BCUT2D eigenvalue weighted by Gasteiger charge is 2.25. The fourth-order valence-corrected chi connectivity index (χ4v) is 6.08. The lowest BCUT2D eigenvalue weighted by Gasteiger charge is -2.18. The van der Waals surface area contributed by atoms with E-state index in [1.54, 1.807) is 35.9 Å². The van der Waals surface area contributed by atoms with Crippen molar-refractivity contribution in [1.29, 1.82) is 0 Å². The SMILES string of the molecule is CC1CCc2c(sc3ncnc(SC(C)C(=O)Nc4cc(Cl)ccc4Cl)c23)C1. The summed E-state index contributed by atoms with van der Waals surface area (Å²) >= 11 is 15.4. The fourth-order valence-electron chi connectivity index (χ4n) is 3.38. The van der Waals surface area contributed by atoms with E-state index in [2.05, 4.69) is 22.2 Å². The third-order valence-electron chi connectivity index (χ3n) is 4.90. The van der Waals surface area contributed by atoms with Crippen molar-refractivity contribution in [2.24, 2.45) is 5.92 Å². The first kappa shape index (κ1) is 20.0. The molecule has 1 aliphatic rings. The van der Waals surface area contributed by atoms with Gasteiger partial charge in [-0.25, -0.2) is 9.97 Å². The van der Waals surface area contributed by atoms with Gasteiger partial charge in [-0.1, -0.05) is 41.9 Å². The Labute approximate surface area is 182 Å². The molecular formula is C20H19Cl2N3OS2. The maximum absolute atomic E-state index is 12.7. The first-order valence-corrected chi connectivity index (χ1v) is 11.6. The molecule has 0 saturated carbocycles. The second kappa shape index (κ2) is 8.19. The molecule has 3 aromatic rings. The first-order valence-electron chi connectivity index (χ1n) is 9.10. The molecule has 2 heterocycles. The molecule has 4 rings (SSSR count). The number of carbonyl (C=O) groups excluding carboxylic acids is 1. The number of thiophene rings is 1. The average molecular weight is 452 g/mol. The van der Waals surface area contributed by atoms with Crippen LogP contribution in [0, 0.1) is 5.92 Å². The van der Waals surface area contributed by atoms with Crippen molar-refractivity contribution < 1.29 is 4.79 Å². The Morgan fingerprint density at radius 1 is 1.36 bits per heavy atom. The van der Waals surface area contributed by atoms with Crippen molar-refractivity contribution >= 4 is 68.1 Å². The van der Waals surface area contributed by atoms with Gasteiger partial charge in [-0.3, -0.25) is 4.79 Å². The maximum atomic E-state index is 12.7. The lowest BCUT2D eigenvalue weighted by molar-refractivity contribution is -0.115. The van der Waals surface area contributed by atoms with Crippen LogP contribution in [0.4, 0.5) is 5.69 Å². The first-order chi connectivity index (χ1) is 13.4. The standard InChI is InChI=1S/C20H19Cl2N3OS2/c1-10-3-5-13-16(7-10)28-20-17(13)19(23-9-24-20)27-11(2)18(26)25-15-8-12(21)4-6-14(15)22/h4,6,8-11H,3,5,7H2,1-2H3,(H,25,26). The number of thioether (sulfide) groups is 1. The lowest BCUT2D eigenvalue weighted by atomic mass is 9.89. The zero-order valence-electron chi connectivity index (χ0n) is 15.5. The molecule has 0 aliphatic heterocycles. The Hall–Kier alpha value is -1.34. The molecule has 2 aromatic heterocycles. The van der Waals surface area contributed by atoms with E-state index in [-0.39, 0.29) is 11.2 Å². The molecule has 2 unspecified atom stereocenters. The number of hydrogen-bond donors (Lipinski definition) is 1. The van der Waals surface area contributed by atoms with Crippen LogP contribution in [-0.2, 0) is 17.6 Å². The van der Waals surface area contributed by atoms with E-state index in [1.165, 1.54) is 28.6 Å². The Morgan fingerprint density at radius 2 is 2.18 bits per heavy atom. The summed E-state index contributed by atoms with van der Waals surface area (Å²) in [5.74, 6) is 0.565. The highest BCUT2D eigenvalue weighted by molar-refractivity contribution is 8.00. The minimum absolute atomic E-state index is 0.140. The quantitative estimate of drug-likeness (QED) is 0.376. The number of benzene rings is 1. The van der Waals surface area contributed by atoms with Crippen LogP contribution in [0.1, 0.15) is 30.7 Å². The highest BCUT2D eigenvalue weighted by atomic mass is 35.5. The third kappa shape index (κ3) is 4.01. The van der Waals surface area contributed by atoms with Gasteiger partial charge in [-0.15, -0.1) is 11.3 Å². The Morgan fingerprint density at radius 3 is 3.00 bits per heavy atom. The van der Waals surface area contributed by atoms with Gasteiger partial charge in [-0.05, 0) is 55.9 Å². The number of hydrogen-bond acceptors (Lipinski definition) is 5. The molecule has 1 amide bonds. The van der Waals surface area contributed by atoms with Gasteiger partial charge in [0.15, 0.2) is 0 Å². The lowest BCUT2D eigenvalue weighted by Crippen LogP contribution is -2.22. The van der Waals surface area contributed by atoms with E-state index in [9.17, 15) is 4.79 Å². The van der Waals surface area contributed by atoms with Gasteiger partial charge in [0.1, 0.15) is 16.2 Å². The van der Waals surface area contributed by atoms with Crippen LogP contribution < -0.4 is 5.32 Å². The zero-order valence-corrected chi connectivity index (χ0v) is 18.6. The van der Waals surface area contributed by atoms with Gasteiger partial charge < -0.3 is 5.32 Å². The van der Waals surface area contributed by atoms with Crippen molar-refractivity contribution in [2.75, 3.05) is 5.32 Å². The van der Waals surface area contributed by atoms with Gasteiger partial charge in [0, 0.05) is 15.3 Å². The predicted octanol–water partition coefficient (Wildman–Crippen LogP) is 6.24. The number of rotatable bonds is 4. The number of nitrogens with zero attached hydrogens (tertiary/aromatic N) is 2. The number of halogens is 2. The smallest absolute Gasteiger partial charge is 0.237 e. The molecule has 0 fully saturated rings. The molecule has 4 nitrogen and oxygen atoms in total. The van der Waals surface area contributed by atoms with Gasteiger partial charge in [0.05, 0.1) is 16.0 Å². The molecule has 0 saturated heterocycles. The molecule has 1 aromatic carbocycles. The zero-order chi connectivity index (χ0) is 19.8. The van der Waals surface area contributed by atoms with E-state index >= 15 is 0 Å². The minimum atomic E-state index is -0.341. The number of anilines is 1. The van der Waals surface area contributed by atoms with E-state index < -0.39 is 0 Å². The van der Waals surface area contributed by atoms with E-state index in [1.807, 2.05) is 6.92 Å². The Balaban J connectivity index is 1.57. The van der Waals surface area contributed by atoms with Gasteiger partial charge in [0.2, 0.25) is 5.91 Å². The van der Waals surface area contributed by atoms with Crippen LogP contribution >= 0.6 is 46.3 Å². The minimum Gasteiger partial charge on any atom is -0.324 e. The normalized spacial score (nSPS) is 17.4. The van der Waals surface area contributed by atoms with Crippen molar-refractivity contribution in [3.63, 3.8) is 0 Å². The van der Waals surface area contributed by atoms with Crippen molar-refractivity contribution in [3.8, 4) is 0 Å². The van der Waals surface area contributed by atoms with Crippen LogP contribution in [0.2, 0.25) is 10.0 Å². The summed E-state index contributed by atoms with van der Waals surface area (Å²) in [5, 5.41) is 5.50. The molecule has 146 valence electrons. The van der Waals surface area contributed by atoms with E-state index in [0.717, 1.165) is 28.1 Å². The van der Waals surface area contributed by atoms with Crippen LogP contribution in [-0.4, -0.2) is 21.1 Å².